The van der Waals surface area contributed by atoms with E-state index in [2.05, 4.69) is 4.90 Å². The predicted octanol–water partition coefficient (Wildman–Crippen LogP) is 4.70. The molecule has 0 aliphatic rings. The highest BCUT2D eigenvalue weighted by atomic mass is 16.5. The Bertz CT molecular complexity index is 926. The van der Waals surface area contributed by atoms with Gasteiger partial charge in [-0.2, -0.15) is 0 Å². The molecule has 1 N–H and O–H groups in total. The van der Waals surface area contributed by atoms with Crippen LogP contribution in [0.2, 0.25) is 0 Å². The van der Waals surface area contributed by atoms with Crippen molar-refractivity contribution in [2.75, 3.05) is 41.0 Å². The second-order valence-electron chi connectivity index (χ2n) is 8.19. The normalized spacial score (nSPS) is 12.1. The summed E-state index contributed by atoms with van der Waals surface area (Å²) in [5.41, 5.74) is 3.13. The summed E-state index contributed by atoms with van der Waals surface area (Å²) in [7, 11) is 5.28. The van der Waals surface area contributed by atoms with Gasteiger partial charge in [-0.05, 0) is 67.1 Å². The van der Waals surface area contributed by atoms with E-state index in [9.17, 15) is 5.11 Å². The molecule has 0 aliphatic carbocycles. The third kappa shape index (κ3) is 7.48. The number of aliphatic hydroxyl groups is 1. The second-order valence-corrected chi connectivity index (χ2v) is 8.19. The molecule has 3 aromatic carbocycles. The van der Waals surface area contributed by atoms with Crippen LogP contribution in [0, 0.1) is 0 Å². The number of nitrogens with zero attached hydrogens (tertiary/aromatic N) is 1. The molecule has 34 heavy (non-hydrogen) atoms. The van der Waals surface area contributed by atoms with Crippen LogP contribution in [0.15, 0.2) is 72.8 Å². The number of hydrogen-bond acceptors (Lipinski definition) is 6. The minimum absolute atomic E-state index is 0.205. The molecule has 1 atom stereocenters. The maximum Gasteiger partial charge on any atom is 0.119 e. The van der Waals surface area contributed by atoms with Crippen LogP contribution < -0.4 is 14.2 Å². The molecule has 0 heterocycles. The van der Waals surface area contributed by atoms with Gasteiger partial charge in [0.15, 0.2) is 0 Å². The van der Waals surface area contributed by atoms with Crippen molar-refractivity contribution in [2.45, 2.75) is 25.7 Å². The van der Waals surface area contributed by atoms with Crippen LogP contribution in [0.4, 0.5) is 0 Å². The van der Waals surface area contributed by atoms with Crippen molar-refractivity contribution in [1.82, 2.24) is 4.90 Å². The standard InChI is InChI=1S/C28H35NO5/c1-5-33-27-12-6-21(7-13-27)18-29(2)19-24(30)20-34-28(22-8-14-25(31-3)15-9-22)23-10-16-26(32-4)17-11-23/h6-17,24,28,30H,5,18-20H2,1-4H3/t24-/m0/s1. The number of benzene rings is 3. The van der Waals surface area contributed by atoms with Gasteiger partial charge >= 0.3 is 0 Å². The average molecular weight is 466 g/mol. The van der Waals surface area contributed by atoms with Crippen LogP contribution in [0.1, 0.15) is 29.7 Å². The fourth-order valence-electron chi connectivity index (χ4n) is 3.80. The van der Waals surface area contributed by atoms with E-state index in [1.165, 1.54) is 0 Å². The monoisotopic (exact) mass is 465 g/mol. The third-order valence-corrected chi connectivity index (χ3v) is 5.50. The van der Waals surface area contributed by atoms with Crippen LogP contribution >= 0.6 is 0 Å². The summed E-state index contributed by atoms with van der Waals surface area (Å²) in [6.45, 7) is 4.05. The van der Waals surface area contributed by atoms with Crippen molar-refractivity contribution in [3.05, 3.63) is 89.5 Å². The van der Waals surface area contributed by atoms with E-state index in [4.69, 9.17) is 18.9 Å². The Morgan fingerprint density at radius 2 is 1.26 bits per heavy atom. The minimum atomic E-state index is -0.633. The molecule has 0 aromatic heterocycles. The lowest BCUT2D eigenvalue weighted by Gasteiger charge is -2.24. The Labute approximate surface area is 202 Å². The Morgan fingerprint density at radius 1 is 0.765 bits per heavy atom. The molecule has 0 aliphatic heterocycles. The zero-order chi connectivity index (χ0) is 24.3. The van der Waals surface area contributed by atoms with Crippen LogP contribution in [0.5, 0.6) is 17.2 Å². The number of hydrogen-bond donors (Lipinski definition) is 1. The van der Waals surface area contributed by atoms with E-state index in [1.807, 2.05) is 86.8 Å². The quantitative estimate of drug-likeness (QED) is 0.395. The Kier molecular flexibility index (Phi) is 9.76. The van der Waals surface area contributed by atoms with Gasteiger partial charge < -0.3 is 24.1 Å². The third-order valence-electron chi connectivity index (χ3n) is 5.50. The zero-order valence-electron chi connectivity index (χ0n) is 20.4. The maximum absolute atomic E-state index is 10.7. The summed E-state index contributed by atoms with van der Waals surface area (Å²) in [6, 6.07) is 23.6. The average Bonchev–Trinajstić information content (AvgIpc) is 2.86. The summed E-state index contributed by atoms with van der Waals surface area (Å²) in [4.78, 5) is 2.08. The first kappa shape index (κ1) is 25.6. The van der Waals surface area contributed by atoms with E-state index in [1.54, 1.807) is 14.2 Å². The van der Waals surface area contributed by atoms with E-state index in [-0.39, 0.29) is 12.7 Å². The first-order valence-corrected chi connectivity index (χ1v) is 11.5. The van der Waals surface area contributed by atoms with E-state index >= 15 is 0 Å². The van der Waals surface area contributed by atoms with Gasteiger partial charge in [0.2, 0.25) is 0 Å². The van der Waals surface area contributed by atoms with Crippen LogP contribution in [-0.4, -0.2) is 57.1 Å². The maximum atomic E-state index is 10.7. The van der Waals surface area contributed by atoms with Crippen molar-refractivity contribution in [3.63, 3.8) is 0 Å². The van der Waals surface area contributed by atoms with Crippen LogP contribution in [0.3, 0.4) is 0 Å². The van der Waals surface area contributed by atoms with Crippen molar-refractivity contribution < 1.29 is 24.1 Å². The molecular weight excluding hydrogens is 430 g/mol. The molecule has 0 unspecified atom stereocenters. The molecule has 0 fully saturated rings. The van der Waals surface area contributed by atoms with E-state index in [0.717, 1.165) is 40.5 Å². The van der Waals surface area contributed by atoms with Gasteiger partial charge in [-0.15, -0.1) is 0 Å². The number of rotatable bonds is 13. The molecule has 0 spiro atoms. The number of ether oxygens (including phenoxy) is 4. The summed E-state index contributed by atoms with van der Waals surface area (Å²) in [6.07, 6.45) is -0.949. The first-order chi connectivity index (χ1) is 16.5. The first-order valence-electron chi connectivity index (χ1n) is 11.5. The molecule has 0 bridgehead atoms. The molecular formula is C28H35NO5. The molecule has 3 aromatic rings. The summed E-state index contributed by atoms with van der Waals surface area (Å²) in [5.74, 6) is 2.44. The van der Waals surface area contributed by atoms with Gasteiger partial charge in [0, 0.05) is 13.1 Å². The van der Waals surface area contributed by atoms with Crippen LogP contribution in [0.25, 0.3) is 0 Å². The molecule has 0 saturated heterocycles. The highest BCUT2D eigenvalue weighted by molar-refractivity contribution is 5.36. The zero-order valence-corrected chi connectivity index (χ0v) is 20.4. The van der Waals surface area contributed by atoms with Gasteiger partial charge in [0.05, 0.1) is 33.5 Å². The van der Waals surface area contributed by atoms with Gasteiger partial charge in [0.25, 0.3) is 0 Å². The lowest BCUT2D eigenvalue weighted by atomic mass is 10.0. The predicted molar refractivity (Wildman–Crippen MR) is 134 cm³/mol. The van der Waals surface area contributed by atoms with Crippen molar-refractivity contribution in [2.24, 2.45) is 0 Å². The molecule has 0 saturated carbocycles. The SMILES string of the molecule is CCOc1ccc(CN(C)C[C@H](O)COC(c2ccc(OC)cc2)c2ccc(OC)cc2)cc1. The highest BCUT2D eigenvalue weighted by Gasteiger charge is 2.18. The summed E-state index contributed by atoms with van der Waals surface area (Å²) >= 11 is 0. The van der Waals surface area contributed by atoms with E-state index < -0.39 is 6.10 Å². The minimum Gasteiger partial charge on any atom is -0.497 e. The van der Waals surface area contributed by atoms with Gasteiger partial charge in [0.1, 0.15) is 23.4 Å². The molecule has 6 heteroatoms. The number of methoxy groups -OCH3 is 2. The number of likely N-dealkylation sites (N-methyl/N-ethyl adjacent to an activating group) is 1. The fourth-order valence-corrected chi connectivity index (χ4v) is 3.80. The molecule has 6 nitrogen and oxygen atoms in total. The van der Waals surface area contributed by atoms with Crippen molar-refractivity contribution in [3.8, 4) is 17.2 Å². The molecule has 0 radical (unpaired) electrons. The number of aliphatic hydroxyl groups excluding tert-OH is 1. The van der Waals surface area contributed by atoms with Gasteiger partial charge in [-0.1, -0.05) is 36.4 Å². The fraction of sp³-hybridized carbons (Fsp3) is 0.357. The Balaban J connectivity index is 1.61. The Morgan fingerprint density at radius 3 is 1.74 bits per heavy atom. The second kappa shape index (κ2) is 13.0. The van der Waals surface area contributed by atoms with Crippen LogP contribution in [-0.2, 0) is 11.3 Å². The largest absolute Gasteiger partial charge is 0.497 e. The molecule has 0 amide bonds. The molecule has 182 valence electrons. The van der Waals surface area contributed by atoms with Gasteiger partial charge in [-0.3, -0.25) is 4.90 Å². The molecule has 3 rings (SSSR count). The lowest BCUT2D eigenvalue weighted by Crippen LogP contribution is -2.32. The topological polar surface area (TPSA) is 60.4 Å². The van der Waals surface area contributed by atoms with Gasteiger partial charge in [-0.25, -0.2) is 0 Å². The summed E-state index contributed by atoms with van der Waals surface area (Å²) in [5, 5.41) is 10.7. The van der Waals surface area contributed by atoms with Crippen molar-refractivity contribution in [1.29, 1.82) is 0 Å². The lowest BCUT2D eigenvalue weighted by molar-refractivity contribution is -0.00628. The highest BCUT2D eigenvalue weighted by Crippen LogP contribution is 2.29. The summed E-state index contributed by atoms with van der Waals surface area (Å²) < 4.78 is 22.3. The smallest absolute Gasteiger partial charge is 0.119 e. The van der Waals surface area contributed by atoms with Crippen molar-refractivity contribution >= 4 is 0 Å². The van der Waals surface area contributed by atoms with E-state index in [0.29, 0.717) is 13.2 Å². The Hall–Kier alpha value is -3.06.